The zero-order valence-corrected chi connectivity index (χ0v) is 13.0. The zero-order valence-electron chi connectivity index (χ0n) is 13.0. The quantitative estimate of drug-likeness (QED) is 0.709. The summed E-state index contributed by atoms with van der Waals surface area (Å²) in [6.07, 6.45) is 11.5. The van der Waals surface area contributed by atoms with Crippen molar-refractivity contribution in [3.8, 4) is 0 Å². The molecule has 0 radical (unpaired) electrons. The van der Waals surface area contributed by atoms with Crippen molar-refractivity contribution in [2.24, 2.45) is 11.8 Å². The number of nitrogens with one attached hydrogen (secondary N) is 1. The molecule has 0 spiro atoms. The van der Waals surface area contributed by atoms with E-state index < -0.39 is 0 Å². The Morgan fingerprint density at radius 3 is 2.53 bits per heavy atom. The predicted octanol–water partition coefficient (Wildman–Crippen LogP) is 3.42. The molecule has 0 bridgehead atoms. The maximum atomic E-state index is 3.92. The zero-order chi connectivity index (χ0) is 13.3. The van der Waals surface area contributed by atoms with Gasteiger partial charge in [-0.3, -0.25) is 4.90 Å². The predicted molar refractivity (Wildman–Crippen MR) is 81.4 cm³/mol. The Morgan fingerprint density at radius 2 is 1.89 bits per heavy atom. The third kappa shape index (κ3) is 3.33. The highest BCUT2D eigenvalue weighted by Crippen LogP contribution is 2.44. The van der Waals surface area contributed by atoms with Gasteiger partial charge in [-0.25, -0.2) is 0 Å². The minimum Gasteiger partial charge on any atom is -0.308 e. The molecule has 1 aliphatic heterocycles. The molecule has 0 aromatic rings. The minimum absolute atomic E-state index is 0.427. The third-order valence-corrected chi connectivity index (χ3v) is 5.66. The fourth-order valence-corrected chi connectivity index (χ4v) is 3.99. The van der Waals surface area contributed by atoms with Crippen molar-refractivity contribution < 1.29 is 0 Å². The van der Waals surface area contributed by atoms with E-state index in [0.29, 0.717) is 5.54 Å². The standard InChI is InChI=1S/C17H32N2/c1-3-4-5-6-11-19-13-17(2,15-9-10-15)18-12-16(19)14-7-8-14/h14-16,18H,3-13H2,1-2H3. The number of nitrogens with zero attached hydrogens (tertiary/aromatic N) is 1. The van der Waals surface area contributed by atoms with Gasteiger partial charge in [0.25, 0.3) is 0 Å². The molecule has 1 saturated heterocycles. The number of rotatable bonds is 7. The summed E-state index contributed by atoms with van der Waals surface area (Å²) >= 11 is 0. The molecule has 2 nitrogen and oxygen atoms in total. The molecule has 2 unspecified atom stereocenters. The second kappa shape index (κ2) is 5.73. The molecular formula is C17H32N2. The van der Waals surface area contributed by atoms with Gasteiger partial charge in [0.05, 0.1) is 0 Å². The highest BCUT2D eigenvalue weighted by Gasteiger charge is 2.48. The van der Waals surface area contributed by atoms with Gasteiger partial charge in [-0.05, 0) is 57.4 Å². The summed E-state index contributed by atoms with van der Waals surface area (Å²) in [6.45, 7) is 8.70. The van der Waals surface area contributed by atoms with Gasteiger partial charge in [-0.1, -0.05) is 26.2 Å². The van der Waals surface area contributed by atoms with Gasteiger partial charge < -0.3 is 5.32 Å². The summed E-state index contributed by atoms with van der Waals surface area (Å²) < 4.78 is 0. The summed E-state index contributed by atoms with van der Waals surface area (Å²) in [5.41, 5.74) is 0.427. The first kappa shape index (κ1) is 13.9. The molecule has 2 aliphatic carbocycles. The van der Waals surface area contributed by atoms with Gasteiger partial charge in [0, 0.05) is 24.7 Å². The average molecular weight is 264 g/mol. The Morgan fingerprint density at radius 1 is 1.11 bits per heavy atom. The van der Waals surface area contributed by atoms with Gasteiger partial charge in [-0.15, -0.1) is 0 Å². The van der Waals surface area contributed by atoms with E-state index in [1.54, 1.807) is 0 Å². The topological polar surface area (TPSA) is 15.3 Å². The molecule has 1 heterocycles. The van der Waals surface area contributed by atoms with Crippen LogP contribution in [-0.2, 0) is 0 Å². The number of piperazine rings is 1. The van der Waals surface area contributed by atoms with E-state index in [0.717, 1.165) is 17.9 Å². The van der Waals surface area contributed by atoms with Gasteiger partial charge in [0.2, 0.25) is 0 Å². The maximum Gasteiger partial charge on any atom is 0.0309 e. The first-order valence-electron chi connectivity index (χ1n) is 8.72. The highest BCUT2D eigenvalue weighted by molar-refractivity contribution is 5.06. The lowest BCUT2D eigenvalue weighted by atomic mass is 9.89. The van der Waals surface area contributed by atoms with Crippen LogP contribution in [0, 0.1) is 11.8 Å². The molecule has 0 aromatic heterocycles. The Bertz CT molecular complexity index is 296. The van der Waals surface area contributed by atoms with Crippen molar-refractivity contribution in [2.75, 3.05) is 19.6 Å². The molecular weight excluding hydrogens is 232 g/mol. The summed E-state index contributed by atoms with van der Waals surface area (Å²) in [4.78, 5) is 2.86. The van der Waals surface area contributed by atoms with Crippen LogP contribution in [0.2, 0.25) is 0 Å². The largest absolute Gasteiger partial charge is 0.308 e. The van der Waals surface area contributed by atoms with Crippen LogP contribution in [0.4, 0.5) is 0 Å². The molecule has 2 heteroatoms. The molecule has 110 valence electrons. The molecule has 0 amide bonds. The fourth-order valence-electron chi connectivity index (χ4n) is 3.99. The van der Waals surface area contributed by atoms with Crippen LogP contribution in [0.15, 0.2) is 0 Å². The van der Waals surface area contributed by atoms with Crippen LogP contribution < -0.4 is 5.32 Å². The Kier molecular flexibility index (Phi) is 4.19. The lowest BCUT2D eigenvalue weighted by Crippen LogP contribution is -2.64. The van der Waals surface area contributed by atoms with Crippen molar-refractivity contribution in [3.05, 3.63) is 0 Å². The van der Waals surface area contributed by atoms with E-state index in [2.05, 4.69) is 24.1 Å². The molecule has 0 aromatic carbocycles. The summed E-state index contributed by atoms with van der Waals surface area (Å²) in [5.74, 6) is 1.98. The number of hydrogen-bond acceptors (Lipinski definition) is 2. The van der Waals surface area contributed by atoms with Crippen molar-refractivity contribution in [2.45, 2.75) is 76.8 Å². The van der Waals surface area contributed by atoms with E-state index in [-0.39, 0.29) is 0 Å². The lowest BCUT2D eigenvalue weighted by molar-refractivity contribution is 0.0627. The SMILES string of the molecule is CCCCCCN1CC(C)(C2CC2)NCC1C1CC1. The van der Waals surface area contributed by atoms with Crippen molar-refractivity contribution in [1.29, 1.82) is 0 Å². The normalized spacial score (nSPS) is 36.6. The highest BCUT2D eigenvalue weighted by atomic mass is 15.3. The average Bonchev–Trinajstić information content (AvgIpc) is 3.28. The van der Waals surface area contributed by atoms with Crippen molar-refractivity contribution in [3.63, 3.8) is 0 Å². The van der Waals surface area contributed by atoms with Crippen LogP contribution in [0.3, 0.4) is 0 Å². The smallest absolute Gasteiger partial charge is 0.0309 e. The van der Waals surface area contributed by atoms with Crippen LogP contribution in [-0.4, -0.2) is 36.1 Å². The Labute approximate surface area is 119 Å². The second-order valence-electron chi connectivity index (χ2n) is 7.51. The van der Waals surface area contributed by atoms with Gasteiger partial charge >= 0.3 is 0 Å². The number of unbranched alkanes of at least 4 members (excludes halogenated alkanes) is 3. The second-order valence-corrected chi connectivity index (χ2v) is 7.51. The lowest BCUT2D eigenvalue weighted by Gasteiger charge is -2.47. The van der Waals surface area contributed by atoms with Crippen LogP contribution in [0.25, 0.3) is 0 Å². The summed E-state index contributed by atoms with van der Waals surface area (Å²) in [5, 5.41) is 3.92. The van der Waals surface area contributed by atoms with Crippen LogP contribution in [0.5, 0.6) is 0 Å². The van der Waals surface area contributed by atoms with Crippen LogP contribution in [0.1, 0.15) is 65.2 Å². The van der Waals surface area contributed by atoms with Gasteiger partial charge in [-0.2, -0.15) is 0 Å². The van der Waals surface area contributed by atoms with E-state index >= 15 is 0 Å². The molecule has 19 heavy (non-hydrogen) atoms. The van der Waals surface area contributed by atoms with Gasteiger partial charge in [0.1, 0.15) is 0 Å². The van der Waals surface area contributed by atoms with E-state index in [4.69, 9.17) is 0 Å². The Hall–Kier alpha value is -0.0800. The minimum atomic E-state index is 0.427. The molecule has 3 aliphatic rings. The number of hydrogen-bond donors (Lipinski definition) is 1. The van der Waals surface area contributed by atoms with E-state index in [9.17, 15) is 0 Å². The monoisotopic (exact) mass is 264 g/mol. The molecule has 2 saturated carbocycles. The third-order valence-electron chi connectivity index (χ3n) is 5.66. The Balaban J connectivity index is 1.54. The van der Waals surface area contributed by atoms with Crippen LogP contribution >= 0.6 is 0 Å². The van der Waals surface area contributed by atoms with Crippen molar-refractivity contribution in [1.82, 2.24) is 10.2 Å². The molecule has 1 N–H and O–H groups in total. The first-order chi connectivity index (χ1) is 9.23. The molecule has 3 fully saturated rings. The van der Waals surface area contributed by atoms with Crippen molar-refractivity contribution >= 4 is 0 Å². The summed E-state index contributed by atoms with van der Waals surface area (Å²) in [6, 6.07) is 0.855. The fraction of sp³-hybridized carbons (Fsp3) is 1.00. The summed E-state index contributed by atoms with van der Waals surface area (Å²) in [7, 11) is 0. The molecule has 2 atom stereocenters. The first-order valence-corrected chi connectivity index (χ1v) is 8.72. The van der Waals surface area contributed by atoms with E-state index in [1.165, 1.54) is 71.0 Å². The van der Waals surface area contributed by atoms with E-state index in [1.807, 2.05) is 0 Å². The van der Waals surface area contributed by atoms with Gasteiger partial charge in [0.15, 0.2) is 0 Å². The molecule has 3 rings (SSSR count). The maximum absolute atomic E-state index is 3.92.